The second kappa shape index (κ2) is 4.88. The van der Waals surface area contributed by atoms with Crippen molar-refractivity contribution in [3.63, 3.8) is 0 Å². The normalized spacial score (nSPS) is 10.4. The van der Waals surface area contributed by atoms with Gasteiger partial charge in [-0.1, -0.05) is 30.3 Å². The number of benzene rings is 1. The molecule has 0 aliphatic heterocycles. The third kappa shape index (κ3) is 2.27. The van der Waals surface area contributed by atoms with Gasteiger partial charge in [0.1, 0.15) is 0 Å². The van der Waals surface area contributed by atoms with Crippen molar-refractivity contribution in [1.82, 2.24) is 4.98 Å². The maximum Gasteiger partial charge on any atom is 0.0705 e. The second-order valence-corrected chi connectivity index (χ2v) is 3.62. The van der Waals surface area contributed by atoms with Crippen molar-refractivity contribution in [2.45, 2.75) is 13.1 Å². The van der Waals surface area contributed by atoms with Gasteiger partial charge in [-0.25, -0.2) is 0 Å². The summed E-state index contributed by atoms with van der Waals surface area (Å²) in [6, 6.07) is 14.0. The zero-order chi connectivity index (χ0) is 11.4. The van der Waals surface area contributed by atoms with Crippen LogP contribution in [0.15, 0.2) is 42.5 Å². The predicted molar refractivity (Wildman–Crippen MR) is 65.5 cm³/mol. The summed E-state index contributed by atoms with van der Waals surface area (Å²) in [5.74, 6) is 0. The monoisotopic (exact) mass is 213 g/mol. The number of rotatable bonds is 3. The second-order valence-electron chi connectivity index (χ2n) is 3.62. The molecule has 1 aromatic heterocycles. The summed E-state index contributed by atoms with van der Waals surface area (Å²) in [4.78, 5) is 4.46. The Kier molecular flexibility index (Phi) is 3.29. The van der Waals surface area contributed by atoms with Gasteiger partial charge in [-0.3, -0.25) is 4.98 Å². The molecule has 16 heavy (non-hydrogen) atoms. The molecule has 0 unspecified atom stereocenters. The van der Waals surface area contributed by atoms with Crippen LogP contribution in [0.2, 0.25) is 0 Å². The number of pyridine rings is 1. The van der Waals surface area contributed by atoms with Crippen molar-refractivity contribution in [1.29, 1.82) is 0 Å². The van der Waals surface area contributed by atoms with Crippen molar-refractivity contribution < 1.29 is 0 Å². The van der Waals surface area contributed by atoms with Gasteiger partial charge in [-0.05, 0) is 17.7 Å². The van der Waals surface area contributed by atoms with Crippen LogP contribution >= 0.6 is 0 Å². The largest absolute Gasteiger partial charge is 0.326 e. The van der Waals surface area contributed by atoms with Crippen LogP contribution in [0, 0.1) is 0 Å². The summed E-state index contributed by atoms with van der Waals surface area (Å²) in [6.07, 6.45) is 0. The quantitative estimate of drug-likeness (QED) is 0.815. The minimum atomic E-state index is 0.467. The van der Waals surface area contributed by atoms with E-state index in [0.29, 0.717) is 13.1 Å². The third-order valence-electron chi connectivity index (χ3n) is 2.50. The lowest BCUT2D eigenvalue weighted by atomic mass is 10.1. The fourth-order valence-electron chi connectivity index (χ4n) is 1.57. The lowest BCUT2D eigenvalue weighted by Gasteiger charge is -2.04. The van der Waals surface area contributed by atoms with Gasteiger partial charge < -0.3 is 11.5 Å². The van der Waals surface area contributed by atoms with Gasteiger partial charge in [0.05, 0.1) is 11.4 Å². The Bertz CT molecular complexity index is 463. The highest BCUT2D eigenvalue weighted by Gasteiger charge is 2.00. The molecule has 0 spiro atoms. The van der Waals surface area contributed by atoms with E-state index in [9.17, 15) is 0 Å². The van der Waals surface area contributed by atoms with E-state index in [4.69, 9.17) is 11.5 Å². The number of nitrogens with zero attached hydrogens (tertiary/aromatic N) is 1. The minimum Gasteiger partial charge on any atom is -0.326 e. The zero-order valence-corrected chi connectivity index (χ0v) is 9.06. The SMILES string of the molecule is NCc1ccc(-c2cccc(CN)n2)cc1. The first-order valence-corrected chi connectivity index (χ1v) is 5.29. The average molecular weight is 213 g/mol. The molecule has 3 nitrogen and oxygen atoms in total. The molecule has 1 heterocycles. The van der Waals surface area contributed by atoms with Crippen molar-refractivity contribution in [2.24, 2.45) is 11.5 Å². The number of aromatic nitrogens is 1. The Morgan fingerprint density at radius 3 is 2.25 bits per heavy atom. The average Bonchev–Trinajstić information content (AvgIpc) is 2.39. The first kappa shape index (κ1) is 10.8. The standard InChI is InChI=1S/C13H15N3/c14-8-10-4-6-11(7-5-10)13-3-1-2-12(9-15)16-13/h1-7H,8-9,14-15H2. The van der Waals surface area contributed by atoms with E-state index in [0.717, 1.165) is 22.5 Å². The molecule has 0 saturated carbocycles. The molecule has 0 bridgehead atoms. The Labute approximate surface area is 95.1 Å². The number of hydrogen-bond acceptors (Lipinski definition) is 3. The lowest BCUT2D eigenvalue weighted by molar-refractivity contribution is 0.993. The van der Waals surface area contributed by atoms with Crippen LogP contribution in [0.5, 0.6) is 0 Å². The zero-order valence-electron chi connectivity index (χ0n) is 9.06. The molecule has 0 atom stereocenters. The van der Waals surface area contributed by atoms with Crippen LogP contribution < -0.4 is 11.5 Å². The molecule has 2 rings (SSSR count). The summed E-state index contributed by atoms with van der Waals surface area (Å²) in [7, 11) is 0. The summed E-state index contributed by atoms with van der Waals surface area (Å²) in [5.41, 5.74) is 15.2. The van der Waals surface area contributed by atoms with Crippen molar-refractivity contribution >= 4 is 0 Å². The molecular formula is C13H15N3. The molecule has 0 amide bonds. The molecule has 1 aromatic carbocycles. The molecule has 0 saturated heterocycles. The molecule has 82 valence electrons. The van der Waals surface area contributed by atoms with Crippen LogP contribution in [0.3, 0.4) is 0 Å². The topological polar surface area (TPSA) is 64.9 Å². The van der Waals surface area contributed by atoms with Gasteiger partial charge in [0, 0.05) is 18.7 Å². The molecule has 2 aromatic rings. The molecule has 3 heteroatoms. The summed E-state index contributed by atoms with van der Waals surface area (Å²) in [6.45, 7) is 1.03. The molecule has 0 radical (unpaired) electrons. The van der Waals surface area contributed by atoms with Crippen LogP contribution in [0.4, 0.5) is 0 Å². The Hall–Kier alpha value is -1.71. The summed E-state index contributed by atoms with van der Waals surface area (Å²) < 4.78 is 0. The van der Waals surface area contributed by atoms with Crippen molar-refractivity contribution in [3.05, 3.63) is 53.7 Å². The van der Waals surface area contributed by atoms with Gasteiger partial charge in [0.2, 0.25) is 0 Å². The Balaban J connectivity index is 2.34. The van der Waals surface area contributed by atoms with Crippen LogP contribution in [0.1, 0.15) is 11.3 Å². The molecule has 0 aliphatic carbocycles. The van der Waals surface area contributed by atoms with Gasteiger partial charge in [-0.15, -0.1) is 0 Å². The van der Waals surface area contributed by atoms with Gasteiger partial charge in [0.25, 0.3) is 0 Å². The summed E-state index contributed by atoms with van der Waals surface area (Å²) in [5, 5.41) is 0. The van der Waals surface area contributed by atoms with Gasteiger partial charge in [0.15, 0.2) is 0 Å². The van der Waals surface area contributed by atoms with E-state index in [1.54, 1.807) is 0 Å². The minimum absolute atomic E-state index is 0.467. The Morgan fingerprint density at radius 2 is 1.62 bits per heavy atom. The van der Waals surface area contributed by atoms with E-state index in [1.807, 2.05) is 42.5 Å². The maximum absolute atomic E-state index is 5.56. The van der Waals surface area contributed by atoms with E-state index in [1.165, 1.54) is 0 Å². The fraction of sp³-hybridized carbons (Fsp3) is 0.154. The highest BCUT2D eigenvalue weighted by Crippen LogP contribution is 2.17. The van der Waals surface area contributed by atoms with E-state index >= 15 is 0 Å². The van der Waals surface area contributed by atoms with Crippen LogP contribution in [-0.2, 0) is 13.1 Å². The molecular weight excluding hydrogens is 198 g/mol. The molecule has 0 aliphatic rings. The first-order valence-electron chi connectivity index (χ1n) is 5.29. The van der Waals surface area contributed by atoms with E-state index in [-0.39, 0.29) is 0 Å². The van der Waals surface area contributed by atoms with Gasteiger partial charge in [-0.2, -0.15) is 0 Å². The van der Waals surface area contributed by atoms with Crippen molar-refractivity contribution in [3.8, 4) is 11.3 Å². The fourth-order valence-corrected chi connectivity index (χ4v) is 1.57. The maximum atomic E-state index is 5.56. The van der Waals surface area contributed by atoms with Gasteiger partial charge >= 0.3 is 0 Å². The Morgan fingerprint density at radius 1 is 0.875 bits per heavy atom. The van der Waals surface area contributed by atoms with Crippen LogP contribution in [-0.4, -0.2) is 4.98 Å². The number of hydrogen-bond donors (Lipinski definition) is 2. The third-order valence-corrected chi connectivity index (χ3v) is 2.50. The first-order chi connectivity index (χ1) is 7.83. The molecule has 0 fully saturated rings. The molecule has 4 N–H and O–H groups in total. The predicted octanol–water partition coefficient (Wildman–Crippen LogP) is 1.67. The smallest absolute Gasteiger partial charge is 0.0705 e. The van der Waals surface area contributed by atoms with Crippen LogP contribution in [0.25, 0.3) is 11.3 Å². The van der Waals surface area contributed by atoms with Crippen molar-refractivity contribution in [2.75, 3.05) is 0 Å². The highest BCUT2D eigenvalue weighted by molar-refractivity contribution is 5.59. The summed E-state index contributed by atoms with van der Waals surface area (Å²) >= 11 is 0. The number of nitrogens with two attached hydrogens (primary N) is 2. The van der Waals surface area contributed by atoms with E-state index in [2.05, 4.69) is 4.98 Å². The highest BCUT2D eigenvalue weighted by atomic mass is 14.7. The van der Waals surface area contributed by atoms with E-state index < -0.39 is 0 Å². The lowest BCUT2D eigenvalue weighted by Crippen LogP contribution is -2.00.